The van der Waals surface area contributed by atoms with Gasteiger partial charge < -0.3 is 15.2 Å². The van der Waals surface area contributed by atoms with Gasteiger partial charge >= 0.3 is 0 Å². The summed E-state index contributed by atoms with van der Waals surface area (Å²) in [6.45, 7) is 2.99. The normalized spacial score (nSPS) is 11.2. The molecule has 4 heteroatoms. The van der Waals surface area contributed by atoms with E-state index in [2.05, 4.69) is 12.2 Å². The molecule has 0 heterocycles. The monoisotopic (exact) mass is 507 g/mol. The Hall–Kier alpha value is -2.75. The molecule has 2 rings (SSSR count). The van der Waals surface area contributed by atoms with Gasteiger partial charge in [-0.25, -0.2) is 0 Å². The van der Waals surface area contributed by atoms with Crippen molar-refractivity contribution in [3.8, 4) is 11.5 Å². The van der Waals surface area contributed by atoms with Gasteiger partial charge in [0, 0.05) is 17.8 Å². The molecule has 0 aliphatic rings. The molecule has 0 spiro atoms. The summed E-state index contributed by atoms with van der Waals surface area (Å²) in [5.41, 5.74) is 1.56. The van der Waals surface area contributed by atoms with Crippen LogP contribution in [0.5, 0.6) is 11.5 Å². The third-order valence-corrected chi connectivity index (χ3v) is 6.69. The van der Waals surface area contributed by atoms with Gasteiger partial charge in [-0.1, -0.05) is 121 Å². The largest absolute Gasteiger partial charge is 0.508 e. The van der Waals surface area contributed by atoms with Crippen LogP contribution in [-0.4, -0.2) is 17.6 Å². The van der Waals surface area contributed by atoms with Crippen molar-refractivity contribution < 1.29 is 14.6 Å². The van der Waals surface area contributed by atoms with Crippen molar-refractivity contribution in [2.75, 3.05) is 11.9 Å². The smallest absolute Gasteiger partial charge is 0.248 e. The van der Waals surface area contributed by atoms with Crippen molar-refractivity contribution >= 4 is 17.7 Å². The number of rotatable bonds is 21. The molecule has 0 unspecified atom stereocenters. The average molecular weight is 508 g/mol. The maximum Gasteiger partial charge on any atom is 0.248 e. The highest BCUT2D eigenvalue weighted by Gasteiger charge is 2.01. The number of aromatic hydroxyl groups is 1. The summed E-state index contributed by atoms with van der Waals surface area (Å²) in [6, 6.07) is 14.2. The van der Waals surface area contributed by atoms with E-state index in [9.17, 15) is 9.90 Å². The molecular weight excluding hydrogens is 458 g/mol. The van der Waals surface area contributed by atoms with E-state index >= 15 is 0 Å². The van der Waals surface area contributed by atoms with E-state index in [4.69, 9.17) is 4.74 Å². The van der Waals surface area contributed by atoms with E-state index in [-0.39, 0.29) is 11.7 Å². The second kappa shape index (κ2) is 20.3. The molecule has 0 bridgehead atoms. The fourth-order valence-corrected chi connectivity index (χ4v) is 4.45. The Kier molecular flexibility index (Phi) is 16.7. The van der Waals surface area contributed by atoms with Crippen LogP contribution in [-0.2, 0) is 4.79 Å². The molecule has 204 valence electrons. The number of carbonyl (C=O) groups is 1. The minimum atomic E-state index is -0.206. The summed E-state index contributed by atoms with van der Waals surface area (Å²) in [5.74, 6) is 0.780. The van der Waals surface area contributed by atoms with Gasteiger partial charge in [0.2, 0.25) is 5.91 Å². The lowest BCUT2D eigenvalue weighted by atomic mass is 10.0. The summed E-state index contributed by atoms with van der Waals surface area (Å²) in [5, 5.41) is 12.2. The zero-order valence-corrected chi connectivity index (χ0v) is 23.1. The van der Waals surface area contributed by atoms with Gasteiger partial charge in [0.1, 0.15) is 11.5 Å². The van der Waals surface area contributed by atoms with Crippen LogP contribution in [0, 0.1) is 0 Å². The Balaban J connectivity index is 1.45. The molecule has 2 aromatic carbocycles. The first-order valence-corrected chi connectivity index (χ1v) is 14.7. The predicted molar refractivity (Wildman–Crippen MR) is 157 cm³/mol. The SMILES string of the molecule is CCCCCCCCCCCCCCCCCCOc1cccc(NC(=O)/C=C/c2ccc(O)cc2)c1. The summed E-state index contributed by atoms with van der Waals surface area (Å²) >= 11 is 0. The zero-order valence-electron chi connectivity index (χ0n) is 23.1. The van der Waals surface area contributed by atoms with Crippen molar-refractivity contribution in [2.45, 2.75) is 110 Å². The molecule has 0 fully saturated rings. The first-order valence-electron chi connectivity index (χ1n) is 14.7. The second-order valence-corrected chi connectivity index (χ2v) is 10.1. The van der Waals surface area contributed by atoms with E-state index in [1.54, 1.807) is 30.3 Å². The fourth-order valence-electron chi connectivity index (χ4n) is 4.45. The number of unbranched alkanes of at least 4 members (excludes halogenated alkanes) is 15. The van der Waals surface area contributed by atoms with Crippen molar-refractivity contribution in [3.63, 3.8) is 0 Å². The van der Waals surface area contributed by atoms with Crippen molar-refractivity contribution in [2.24, 2.45) is 0 Å². The van der Waals surface area contributed by atoms with Gasteiger partial charge in [-0.2, -0.15) is 0 Å². The van der Waals surface area contributed by atoms with E-state index in [0.29, 0.717) is 12.3 Å². The molecule has 0 aromatic heterocycles. The lowest BCUT2D eigenvalue weighted by molar-refractivity contribution is -0.111. The fraction of sp³-hybridized carbons (Fsp3) is 0.545. The summed E-state index contributed by atoms with van der Waals surface area (Å²) in [4.78, 5) is 12.2. The molecule has 1 amide bonds. The van der Waals surface area contributed by atoms with E-state index in [1.165, 1.54) is 102 Å². The number of anilines is 1. The number of phenols is 1. The maximum atomic E-state index is 12.2. The molecule has 0 aliphatic carbocycles. The number of phenolic OH excluding ortho intramolecular Hbond substituents is 1. The van der Waals surface area contributed by atoms with Crippen LogP contribution < -0.4 is 10.1 Å². The van der Waals surface area contributed by atoms with Crippen LogP contribution in [0.25, 0.3) is 6.08 Å². The third-order valence-electron chi connectivity index (χ3n) is 6.69. The van der Waals surface area contributed by atoms with Gasteiger partial charge in [-0.15, -0.1) is 0 Å². The lowest BCUT2D eigenvalue weighted by Crippen LogP contribution is -2.08. The van der Waals surface area contributed by atoms with Crippen LogP contribution in [0.1, 0.15) is 115 Å². The van der Waals surface area contributed by atoms with E-state index < -0.39 is 0 Å². The second-order valence-electron chi connectivity index (χ2n) is 10.1. The summed E-state index contributed by atoms with van der Waals surface area (Å²) in [7, 11) is 0. The minimum absolute atomic E-state index is 0.206. The van der Waals surface area contributed by atoms with Crippen molar-refractivity contribution in [3.05, 3.63) is 60.2 Å². The Morgan fingerprint density at radius 2 is 1.30 bits per heavy atom. The van der Waals surface area contributed by atoms with Crippen LogP contribution in [0.15, 0.2) is 54.6 Å². The van der Waals surface area contributed by atoms with Crippen LogP contribution in [0.4, 0.5) is 5.69 Å². The van der Waals surface area contributed by atoms with Crippen LogP contribution >= 0.6 is 0 Å². The molecule has 0 saturated carbocycles. The predicted octanol–water partition coefficient (Wildman–Crippen LogP) is 9.68. The van der Waals surface area contributed by atoms with Gasteiger partial charge in [0.05, 0.1) is 6.61 Å². The number of hydrogen-bond donors (Lipinski definition) is 2. The van der Waals surface area contributed by atoms with Crippen LogP contribution in [0.2, 0.25) is 0 Å². The summed E-state index contributed by atoms with van der Waals surface area (Å²) in [6.07, 6.45) is 25.0. The zero-order chi connectivity index (χ0) is 26.4. The molecule has 0 radical (unpaired) electrons. The number of amides is 1. The maximum absolute atomic E-state index is 12.2. The van der Waals surface area contributed by atoms with Gasteiger partial charge in [-0.05, 0) is 42.3 Å². The standard InChI is InChI=1S/C33H49NO3/c1-2-3-4-5-6-7-8-9-10-11-12-13-14-15-16-17-27-37-32-20-18-19-30(28-32)34-33(36)26-23-29-21-24-31(35)25-22-29/h18-26,28,35H,2-17,27H2,1H3,(H,34,36)/b26-23+. The summed E-state index contributed by atoms with van der Waals surface area (Å²) < 4.78 is 5.89. The van der Waals surface area contributed by atoms with E-state index in [0.717, 1.165) is 17.7 Å². The lowest BCUT2D eigenvalue weighted by Gasteiger charge is -2.08. The van der Waals surface area contributed by atoms with Gasteiger partial charge in [0.25, 0.3) is 0 Å². The highest BCUT2D eigenvalue weighted by Crippen LogP contribution is 2.19. The Morgan fingerprint density at radius 1 is 0.757 bits per heavy atom. The molecule has 0 aliphatic heterocycles. The first kappa shape index (κ1) is 30.5. The van der Waals surface area contributed by atoms with E-state index in [1.807, 2.05) is 24.3 Å². The third kappa shape index (κ3) is 15.9. The Morgan fingerprint density at radius 3 is 1.86 bits per heavy atom. The number of ether oxygens (including phenoxy) is 1. The Labute approximate surface area is 225 Å². The van der Waals surface area contributed by atoms with Gasteiger partial charge in [-0.3, -0.25) is 4.79 Å². The highest BCUT2D eigenvalue weighted by atomic mass is 16.5. The topological polar surface area (TPSA) is 58.6 Å². The molecule has 2 N–H and O–H groups in total. The Bertz CT molecular complexity index is 875. The first-order chi connectivity index (χ1) is 18.2. The van der Waals surface area contributed by atoms with Gasteiger partial charge in [0.15, 0.2) is 0 Å². The van der Waals surface area contributed by atoms with Crippen LogP contribution in [0.3, 0.4) is 0 Å². The van der Waals surface area contributed by atoms with Crippen molar-refractivity contribution in [1.29, 1.82) is 0 Å². The highest BCUT2D eigenvalue weighted by molar-refractivity contribution is 6.02. The number of hydrogen-bond acceptors (Lipinski definition) is 3. The number of benzene rings is 2. The molecule has 0 atom stereocenters. The minimum Gasteiger partial charge on any atom is -0.508 e. The molecule has 37 heavy (non-hydrogen) atoms. The quantitative estimate of drug-likeness (QED) is 0.131. The molecule has 2 aromatic rings. The van der Waals surface area contributed by atoms with Crippen molar-refractivity contribution in [1.82, 2.24) is 0 Å². The number of carbonyl (C=O) groups excluding carboxylic acids is 1. The molecule has 0 saturated heterocycles. The average Bonchev–Trinajstić information content (AvgIpc) is 2.90. The molecular formula is C33H49NO3. The molecule has 4 nitrogen and oxygen atoms in total. The number of nitrogens with one attached hydrogen (secondary N) is 1.